The Kier molecular flexibility index (Phi) is 11.9. The van der Waals surface area contributed by atoms with Crippen LogP contribution in [0.3, 0.4) is 0 Å². The molecular weight excluding hydrogens is 729 g/mol. The maximum absolute atomic E-state index is 13.9. The molecule has 2 aromatic heterocycles. The van der Waals surface area contributed by atoms with Gasteiger partial charge < -0.3 is 39.9 Å². The highest BCUT2D eigenvalue weighted by atomic mass is 28.3. The number of fused-ring (bicyclic) bond motifs is 1. The fourth-order valence-corrected chi connectivity index (χ4v) is 10.5. The number of hydrogen-bond acceptors (Lipinski definition) is 8. The molecule has 2 aromatic carbocycles. The third-order valence-electron chi connectivity index (χ3n) is 10.6. The number of benzene rings is 2. The number of imidazole rings is 2. The van der Waals surface area contributed by atoms with Crippen LogP contribution in [0.2, 0.25) is 19.1 Å². The van der Waals surface area contributed by atoms with Gasteiger partial charge in [0.2, 0.25) is 11.8 Å². The first-order chi connectivity index (χ1) is 26.7. The fourth-order valence-electron chi connectivity index (χ4n) is 7.63. The molecule has 0 spiro atoms. The van der Waals surface area contributed by atoms with Crippen molar-refractivity contribution in [2.24, 2.45) is 11.8 Å². The number of nitrogens with one attached hydrogen (secondary N) is 4. The largest absolute Gasteiger partial charge is 0.453 e. The summed E-state index contributed by atoms with van der Waals surface area (Å²) >= 11 is 0. The third-order valence-corrected chi connectivity index (χ3v) is 13.3. The molecule has 4 N–H and O–H groups in total. The van der Waals surface area contributed by atoms with Gasteiger partial charge in [0.15, 0.2) is 0 Å². The minimum absolute atomic E-state index is 0.114. The lowest BCUT2D eigenvalue weighted by Gasteiger charge is -2.30. The fraction of sp³-hybridized carbons (Fsp3) is 0.463. The molecule has 296 valence electrons. The lowest BCUT2D eigenvalue weighted by molar-refractivity contribution is -0.136. The van der Waals surface area contributed by atoms with Crippen LogP contribution >= 0.6 is 0 Å². The van der Waals surface area contributed by atoms with Crippen LogP contribution in [0.5, 0.6) is 0 Å². The van der Waals surface area contributed by atoms with Crippen molar-refractivity contribution in [3.63, 3.8) is 0 Å². The molecule has 2 saturated heterocycles. The van der Waals surface area contributed by atoms with Crippen LogP contribution in [0.4, 0.5) is 9.59 Å². The second-order valence-corrected chi connectivity index (χ2v) is 21.2. The molecule has 0 saturated carbocycles. The lowest BCUT2D eigenvalue weighted by atomic mass is 10.0. The first kappa shape index (κ1) is 40.1. The Labute approximate surface area is 328 Å². The van der Waals surface area contributed by atoms with E-state index in [1.807, 2.05) is 75.1 Å². The Bertz CT molecular complexity index is 2150. The molecule has 4 atom stereocenters. The number of ether oxygens (including phenoxy) is 2. The van der Waals surface area contributed by atoms with Gasteiger partial charge in [-0.3, -0.25) is 9.59 Å². The molecule has 0 unspecified atom stereocenters. The third kappa shape index (κ3) is 8.75. The predicted molar refractivity (Wildman–Crippen MR) is 215 cm³/mol. The summed E-state index contributed by atoms with van der Waals surface area (Å²) in [6, 6.07) is 13.1. The van der Waals surface area contributed by atoms with Crippen molar-refractivity contribution in [3.05, 3.63) is 71.6 Å². The van der Waals surface area contributed by atoms with E-state index in [0.717, 1.165) is 52.4 Å². The number of aromatic nitrogens is 4. The number of amides is 4. The highest BCUT2D eigenvalue weighted by Gasteiger charge is 2.46. The van der Waals surface area contributed by atoms with Gasteiger partial charge in [-0.1, -0.05) is 64.9 Å². The highest BCUT2D eigenvalue weighted by molar-refractivity contribution is 6.78. The van der Waals surface area contributed by atoms with Gasteiger partial charge in [0.1, 0.15) is 29.4 Å². The number of carbonyl (C=O) groups is 4. The number of likely N-dealkylation sites (tertiary alicyclic amines) is 1. The highest BCUT2D eigenvalue weighted by Crippen LogP contribution is 2.38. The van der Waals surface area contributed by atoms with Crippen molar-refractivity contribution in [3.8, 4) is 23.0 Å². The number of aromatic amines is 2. The van der Waals surface area contributed by atoms with Crippen molar-refractivity contribution < 1.29 is 28.7 Å². The van der Waals surface area contributed by atoms with E-state index in [-0.39, 0.29) is 35.7 Å². The number of methoxy groups -OCH3 is 2. The maximum atomic E-state index is 13.9. The van der Waals surface area contributed by atoms with Crippen LogP contribution < -0.4 is 10.6 Å². The molecule has 2 fully saturated rings. The van der Waals surface area contributed by atoms with Crippen LogP contribution in [0.1, 0.15) is 75.5 Å². The Balaban J connectivity index is 1.15. The van der Waals surface area contributed by atoms with Gasteiger partial charge in [-0.25, -0.2) is 19.6 Å². The normalized spacial score (nSPS) is 18.8. The van der Waals surface area contributed by atoms with Gasteiger partial charge in [-0.15, -0.1) is 0 Å². The molecule has 14 nitrogen and oxygen atoms in total. The van der Waals surface area contributed by atoms with Crippen molar-refractivity contribution in [1.82, 2.24) is 40.4 Å². The number of alkyl carbamates (subject to hydrolysis) is 2. The van der Waals surface area contributed by atoms with E-state index in [1.165, 1.54) is 14.2 Å². The summed E-state index contributed by atoms with van der Waals surface area (Å²) < 4.78 is 9.54. The number of nitrogens with zero attached hydrogens (tertiary/aromatic N) is 4. The molecule has 0 radical (unpaired) electrons. The summed E-state index contributed by atoms with van der Waals surface area (Å²) in [5.74, 6) is 7.29. The lowest BCUT2D eigenvalue weighted by Crippen LogP contribution is -2.52. The second kappa shape index (κ2) is 16.6. The summed E-state index contributed by atoms with van der Waals surface area (Å²) in [7, 11) is 0.821. The van der Waals surface area contributed by atoms with E-state index < -0.39 is 32.3 Å². The minimum Gasteiger partial charge on any atom is -0.453 e. The van der Waals surface area contributed by atoms with Gasteiger partial charge in [0.25, 0.3) is 0 Å². The second-order valence-electron chi connectivity index (χ2n) is 16.1. The molecule has 4 amide bonds. The number of H-pyrrole nitrogens is 2. The Morgan fingerprint density at radius 1 is 0.821 bits per heavy atom. The first-order valence-electron chi connectivity index (χ1n) is 19.1. The zero-order valence-electron chi connectivity index (χ0n) is 33.4. The van der Waals surface area contributed by atoms with Crippen molar-refractivity contribution in [1.29, 1.82) is 0 Å². The quantitative estimate of drug-likeness (QED) is 0.120. The van der Waals surface area contributed by atoms with Crippen molar-refractivity contribution >= 4 is 43.1 Å². The molecule has 2 aliphatic heterocycles. The smallest absolute Gasteiger partial charge is 0.407 e. The van der Waals surface area contributed by atoms with E-state index >= 15 is 0 Å². The molecule has 6 rings (SSSR count). The van der Waals surface area contributed by atoms with Crippen molar-refractivity contribution in [2.45, 2.75) is 83.8 Å². The summed E-state index contributed by atoms with van der Waals surface area (Å²) in [6.45, 7) is 12.7. The summed E-state index contributed by atoms with van der Waals surface area (Å²) in [5.41, 5.74) is 5.19. The topological polar surface area (TPSA) is 175 Å². The molecular formula is C41H52N8O6Si. The minimum atomic E-state index is -1.76. The van der Waals surface area contributed by atoms with E-state index in [9.17, 15) is 19.2 Å². The Hall–Kier alpha value is -5.62. The van der Waals surface area contributed by atoms with Gasteiger partial charge in [0.05, 0.1) is 51.6 Å². The van der Waals surface area contributed by atoms with Crippen molar-refractivity contribution in [2.75, 3.05) is 26.9 Å². The molecule has 4 heterocycles. The number of rotatable bonds is 9. The van der Waals surface area contributed by atoms with Gasteiger partial charge in [-0.05, 0) is 72.0 Å². The average Bonchev–Trinajstić information content (AvgIpc) is 3.99. The van der Waals surface area contributed by atoms with Crippen LogP contribution in [-0.2, 0) is 19.1 Å². The Morgan fingerprint density at radius 3 is 2.07 bits per heavy atom. The maximum Gasteiger partial charge on any atom is 0.407 e. The van der Waals surface area contributed by atoms with E-state index in [1.54, 1.807) is 11.1 Å². The average molecular weight is 781 g/mol. The van der Waals surface area contributed by atoms with Gasteiger partial charge in [-0.2, -0.15) is 0 Å². The summed E-state index contributed by atoms with van der Waals surface area (Å²) in [6.07, 6.45) is 2.70. The molecule has 4 aromatic rings. The summed E-state index contributed by atoms with van der Waals surface area (Å²) in [4.78, 5) is 71.4. The van der Waals surface area contributed by atoms with Crippen LogP contribution in [0.25, 0.3) is 22.2 Å². The monoisotopic (exact) mass is 780 g/mol. The van der Waals surface area contributed by atoms with Gasteiger partial charge in [0, 0.05) is 18.3 Å². The van der Waals surface area contributed by atoms with E-state index in [0.29, 0.717) is 24.2 Å². The zero-order valence-corrected chi connectivity index (χ0v) is 34.4. The van der Waals surface area contributed by atoms with Crippen LogP contribution in [0, 0.1) is 23.7 Å². The van der Waals surface area contributed by atoms with Crippen LogP contribution in [-0.4, -0.2) is 101 Å². The summed E-state index contributed by atoms with van der Waals surface area (Å²) in [5, 5.41) is 5.41. The number of hydrogen-bond donors (Lipinski definition) is 4. The van der Waals surface area contributed by atoms with E-state index in [2.05, 4.69) is 50.5 Å². The molecule has 0 aliphatic carbocycles. The van der Waals surface area contributed by atoms with Gasteiger partial charge >= 0.3 is 12.2 Å². The molecule has 0 bridgehead atoms. The van der Waals surface area contributed by atoms with E-state index in [4.69, 9.17) is 14.5 Å². The zero-order chi connectivity index (χ0) is 40.3. The van der Waals surface area contributed by atoms with Crippen LogP contribution in [0.15, 0.2) is 48.7 Å². The standard InChI is InChI=1S/C41H52N8O6Si/c1-24(2)34(46-40(52)54-5)38(50)48-19-9-10-32(48)36-42-21-29(43-36)17-13-26-11-14-27(15-12-26)28-16-18-30-31(20-28)45-37(44-30)33-22-56(7,8)23-49(33)39(51)35(25(3)4)47-41(53)55-6/h11-12,14-16,18,20-21,24-25,32-35H,9-10,19,22-23H2,1-8H3,(H,42,43)(H,44,45)(H,46,52)(H,47,53)/t32-,33-,34-,35-/m0/s1. The molecule has 56 heavy (non-hydrogen) atoms. The first-order valence-corrected chi connectivity index (χ1v) is 22.6. The molecule has 15 heteroatoms. The Morgan fingerprint density at radius 2 is 1.45 bits per heavy atom. The SMILES string of the molecule is COC(=O)N[C@H](C(=O)N1CCC[C@H]1c1ncc(C#Cc2ccc(-c3ccc4[nH]c([C@@H]5C[Si](C)(C)CN5C(=O)[C@@H](NC(=O)OC)C(C)C)nc4c3)cc2)[nH]1)C(C)C. The molecule has 2 aliphatic rings. The number of carbonyl (C=O) groups excluding carboxylic acids is 4. The predicted octanol–water partition coefficient (Wildman–Crippen LogP) is 5.91.